The molecule has 4 aliphatic carbocycles. The lowest BCUT2D eigenvalue weighted by Crippen LogP contribution is -2.58. The van der Waals surface area contributed by atoms with Crippen LogP contribution < -0.4 is 10.6 Å². The molecule has 4 fully saturated rings. The van der Waals surface area contributed by atoms with Gasteiger partial charge in [0.15, 0.2) is 0 Å². The van der Waals surface area contributed by atoms with Gasteiger partial charge in [-0.2, -0.15) is 0 Å². The Morgan fingerprint density at radius 1 is 1.07 bits per heavy atom. The zero-order chi connectivity index (χ0) is 20.9. The molecule has 4 bridgehead atoms. The molecule has 1 aromatic heterocycles. The third kappa shape index (κ3) is 3.52. The highest BCUT2D eigenvalue weighted by Gasteiger charge is 2.53. The van der Waals surface area contributed by atoms with Gasteiger partial charge in [0.2, 0.25) is 11.8 Å². The van der Waals surface area contributed by atoms with Gasteiger partial charge in [-0.3, -0.25) is 9.59 Å². The Morgan fingerprint density at radius 2 is 1.70 bits per heavy atom. The molecule has 0 radical (unpaired) electrons. The fourth-order valence-electron chi connectivity index (χ4n) is 7.15. The van der Waals surface area contributed by atoms with E-state index in [4.69, 9.17) is 0 Å². The number of carbonyl (C=O) groups is 2. The largest absolute Gasteiger partial charge is 0.361 e. The quantitative estimate of drug-likeness (QED) is 0.679. The molecule has 2 atom stereocenters. The second kappa shape index (κ2) is 7.44. The van der Waals surface area contributed by atoms with Gasteiger partial charge in [0, 0.05) is 36.5 Å². The van der Waals surface area contributed by atoms with Gasteiger partial charge in [-0.15, -0.1) is 0 Å². The minimum atomic E-state index is -0.557. The Hall–Kier alpha value is -2.30. The lowest BCUT2D eigenvalue weighted by Gasteiger charge is -2.59. The molecule has 5 heteroatoms. The molecule has 4 aliphatic rings. The molecule has 30 heavy (non-hydrogen) atoms. The summed E-state index contributed by atoms with van der Waals surface area (Å²) in [7, 11) is 0. The van der Waals surface area contributed by atoms with Crippen LogP contribution in [0.15, 0.2) is 30.5 Å². The highest BCUT2D eigenvalue weighted by molar-refractivity contribution is 5.89. The number of hydrogen-bond acceptors (Lipinski definition) is 2. The third-order valence-corrected chi connectivity index (χ3v) is 8.16. The summed E-state index contributed by atoms with van der Waals surface area (Å²) >= 11 is 0. The standard InChI is InChI=1S/C25H33N3O2/c1-15(25-11-17-7-18(12-25)9-19(8-17)13-25)27-24(30)23(28-16(2)29)10-20-14-26-22-6-4-3-5-21(20)22/h3-6,14-15,17-19,23,26H,7-13H2,1-2H3,(H,27,30)(H,28,29). The highest BCUT2D eigenvalue weighted by Crippen LogP contribution is 2.61. The number of rotatable bonds is 6. The maximum atomic E-state index is 13.3. The molecule has 0 saturated heterocycles. The average Bonchev–Trinajstić information content (AvgIpc) is 3.09. The van der Waals surface area contributed by atoms with Crippen molar-refractivity contribution in [3.63, 3.8) is 0 Å². The molecule has 1 heterocycles. The summed E-state index contributed by atoms with van der Waals surface area (Å²) in [4.78, 5) is 28.4. The Labute approximate surface area is 178 Å². The second-order valence-electron chi connectivity index (χ2n) is 10.3. The van der Waals surface area contributed by atoms with E-state index in [-0.39, 0.29) is 23.3 Å². The molecule has 4 saturated carbocycles. The summed E-state index contributed by atoms with van der Waals surface area (Å²) < 4.78 is 0. The van der Waals surface area contributed by atoms with Gasteiger partial charge in [0.05, 0.1) is 0 Å². The summed E-state index contributed by atoms with van der Waals surface area (Å²) in [5.74, 6) is 2.34. The highest BCUT2D eigenvalue weighted by atomic mass is 16.2. The zero-order valence-corrected chi connectivity index (χ0v) is 18.0. The van der Waals surface area contributed by atoms with E-state index in [0.29, 0.717) is 6.42 Å². The minimum absolute atomic E-state index is 0.0567. The van der Waals surface area contributed by atoms with Crippen LogP contribution in [0.1, 0.15) is 57.9 Å². The van der Waals surface area contributed by atoms with Crippen molar-refractivity contribution in [2.24, 2.45) is 23.2 Å². The molecule has 160 valence electrons. The Morgan fingerprint density at radius 3 is 2.33 bits per heavy atom. The van der Waals surface area contributed by atoms with Gasteiger partial charge in [0.25, 0.3) is 0 Å². The van der Waals surface area contributed by atoms with Crippen LogP contribution in [0.4, 0.5) is 0 Å². The number of H-pyrrole nitrogens is 1. The van der Waals surface area contributed by atoms with Crippen LogP contribution in [0, 0.1) is 23.2 Å². The van der Waals surface area contributed by atoms with Gasteiger partial charge in [-0.05, 0) is 80.2 Å². The van der Waals surface area contributed by atoms with Crippen LogP contribution in [-0.4, -0.2) is 28.9 Å². The fourth-order valence-corrected chi connectivity index (χ4v) is 7.15. The molecule has 0 spiro atoms. The summed E-state index contributed by atoms with van der Waals surface area (Å²) in [6.07, 6.45) is 10.4. The number of carbonyl (C=O) groups excluding carboxylic acids is 2. The number of amides is 2. The molecule has 1 aromatic carbocycles. The number of benzene rings is 1. The number of para-hydroxylation sites is 1. The van der Waals surface area contributed by atoms with E-state index in [1.165, 1.54) is 45.4 Å². The van der Waals surface area contributed by atoms with Crippen LogP contribution in [0.5, 0.6) is 0 Å². The zero-order valence-electron chi connectivity index (χ0n) is 18.0. The maximum Gasteiger partial charge on any atom is 0.243 e. The van der Waals surface area contributed by atoms with Crippen LogP contribution in [0.25, 0.3) is 10.9 Å². The molecule has 2 amide bonds. The maximum absolute atomic E-state index is 13.3. The number of aromatic nitrogens is 1. The first kappa shape index (κ1) is 19.7. The van der Waals surface area contributed by atoms with Crippen molar-refractivity contribution >= 4 is 22.7 Å². The molecule has 6 rings (SSSR count). The lowest BCUT2D eigenvalue weighted by molar-refractivity contribution is -0.131. The average molecular weight is 408 g/mol. The number of aromatic amines is 1. The van der Waals surface area contributed by atoms with Gasteiger partial charge in [0.1, 0.15) is 6.04 Å². The van der Waals surface area contributed by atoms with Gasteiger partial charge in [-0.25, -0.2) is 0 Å². The molecule has 2 unspecified atom stereocenters. The SMILES string of the molecule is CC(=O)NC(Cc1c[nH]c2ccccc12)C(=O)NC(C)C12CC3CC(CC(C3)C1)C2. The molecular weight excluding hydrogens is 374 g/mol. The third-order valence-electron chi connectivity index (χ3n) is 8.16. The van der Waals surface area contributed by atoms with Crippen molar-refractivity contribution in [2.45, 2.75) is 70.9 Å². The minimum Gasteiger partial charge on any atom is -0.361 e. The summed E-state index contributed by atoms with van der Waals surface area (Å²) in [5, 5.41) is 7.34. The Kier molecular flexibility index (Phi) is 4.87. The van der Waals surface area contributed by atoms with Crippen molar-refractivity contribution in [3.8, 4) is 0 Å². The van der Waals surface area contributed by atoms with E-state index in [1.54, 1.807) is 0 Å². The smallest absolute Gasteiger partial charge is 0.243 e. The van der Waals surface area contributed by atoms with E-state index >= 15 is 0 Å². The predicted molar refractivity (Wildman–Crippen MR) is 118 cm³/mol. The number of fused-ring (bicyclic) bond motifs is 1. The van der Waals surface area contributed by atoms with E-state index in [2.05, 4.69) is 28.6 Å². The summed E-state index contributed by atoms with van der Waals surface area (Å²) in [6, 6.07) is 7.68. The summed E-state index contributed by atoms with van der Waals surface area (Å²) in [5.41, 5.74) is 2.37. The van der Waals surface area contributed by atoms with Crippen molar-refractivity contribution in [1.82, 2.24) is 15.6 Å². The molecule has 3 N–H and O–H groups in total. The van der Waals surface area contributed by atoms with Crippen molar-refractivity contribution < 1.29 is 9.59 Å². The van der Waals surface area contributed by atoms with Crippen LogP contribution in [0.2, 0.25) is 0 Å². The normalized spacial score (nSPS) is 31.5. The van der Waals surface area contributed by atoms with Crippen molar-refractivity contribution in [2.75, 3.05) is 0 Å². The first-order valence-corrected chi connectivity index (χ1v) is 11.5. The fraction of sp³-hybridized carbons (Fsp3) is 0.600. The van der Waals surface area contributed by atoms with Crippen LogP contribution in [0.3, 0.4) is 0 Å². The van der Waals surface area contributed by atoms with E-state index in [9.17, 15) is 9.59 Å². The van der Waals surface area contributed by atoms with Gasteiger partial charge < -0.3 is 15.6 Å². The number of nitrogens with one attached hydrogen (secondary N) is 3. The first-order chi connectivity index (χ1) is 14.4. The molecular formula is C25H33N3O2. The van der Waals surface area contributed by atoms with Gasteiger partial charge >= 0.3 is 0 Å². The molecule has 2 aromatic rings. The van der Waals surface area contributed by atoms with Crippen LogP contribution in [-0.2, 0) is 16.0 Å². The number of hydrogen-bond donors (Lipinski definition) is 3. The van der Waals surface area contributed by atoms with Crippen LogP contribution >= 0.6 is 0 Å². The Bertz CT molecular complexity index is 927. The van der Waals surface area contributed by atoms with Gasteiger partial charge in [-0.1, -0.05) is 18.2 Å². The Balaban J connectivity index is 1.32. The van der Waals surface area contributed by atoms with E-state index < -0.39 is 6.04 Å². The summed E-state index contributed by atoms with van der Waals surface area (Å²) in [6.45, 7) is 3.68. The van der Waals surface area contributed by atoms with Crippen molar-refractivity contribution in [3.05, 3.63) is 36.0 Å². The van der Waals surface area contributed by atoms with E-state index in [0.717, 1.165) is 34.2 Å². The first-order valence-electron chi connectivity index (χ1n) is 11.5. The predicted octanol–water partition coefficient (Wildman–Crippen LogP) is 3.94. The monoisotopic (exact) mass is 407 g/mol. The van der Waals surface area contributed by atoms with E-state index in [1.807, 2.05) is 24.4 Å². The second-order valence-corrected chi connectivity index (χ2v) is 10.3. The lowest BCUT2D eigenvalue weighted by atomic mass is 9.48. The topological polar surface area (TPSA) is 74.0 Å². The molecule has 5 nitrogen and oxygen atoms in total. The van der Waals surface area contributed by atoms with Crippen molar-refractivity contribution in [1.29, 1.82) is 0 Å². The molecule has 0 aliphatic heterocycles.